The molecule has 0 amide bonds. The Morgan fingerprint density at radius 3 is 1.66 bits per heavy atom. The molecule has 0 spiro atoms. The van der Waals surface area contributed by atoms with E-state index < -0.39 is 5.97 Å². The number of carboxylic acid groups (broad SMARTS) is 1. The van der Waals surface area contributed by atoms with Gasteiger partial charge in [-0.1, -0.05) is 117 Å². The molecule has 0 aromatic rings. The van der Waals surface area contributed by atoms with Gasteiger partial charge in [-0.25, -0.2) is 0 Å². The Balaban J connectivity index is 2.30. The lowest BCUT2D eigenvalue weighted by molar-refractivity contribution is -0.137. The topological polar surface area (TPSA) is 40.5 Å². The van der Waals surface area contributed by atoms with E-state index in [0.29, 0.717) is 23.8 Å². The zero-order valence-electron chi connectivity index (χ0n) is 24.8. The third kappa shape index (κ3) is 12.5. The number of hydrogen-bond donors (Lipinski definition) is 1. The summed E-state index contributed by atoms with van der Waals surface area (Å²) in [6, 6.07) is 0.643. The number of aliphatic carboxylic acids is 1. The van der Waals surface area contributed by atoms with E-state index in [-0.39, 0.29) is 5.54 Å². The molecular weight excluding hydrogens is 430 g/mol. The molecule has 0 aromatic carbocycles. The van der Waals surface area contributed by atoms with Crippen molar-refractivity contribution in [1.29, 1.82) is 0 Å². The predicted molar refractivity (Wildman–Crippen MR) is 153 cm³/mol. The van der Waals surface area contributed by atoms with Crippen LogP contribution in [0, 0.1) is 11.3 Å². The molecule has 0 aliphatic carbocycles. The van der Waals surface area contributed by atoms with Gasteiger partial charge in [-0.3, -0.25) is 9.69 Å². The van der Waals surface area contributed by atoms with Crippen LogP contribution in [0.3, 0.4) is 0 Å². The molecule has 1 fully saturated rings. The van der Waals surface area contributed by atoms with Gasteiger partial charge in [0, 0.05) is 18.0 Å². The molecule has 0 radical (unpaired) electrons. The normalized spacial score (nSPS) is 20.7. The van der Waals surface area contributed by atoms with Crippen molar-refractivity contribution < 1.29 is 9.90 Å². The van der Waals surface area contributed by atoms with Crippen LogP contribution < -0.4 is 0 Å². The van der Waals surface area contributed by atoms with E-state index in [1.807, 2.05) is 0 Å². The number of hydrogen-bond acceptors (Lipinski definition) is 2. The van der Waals surface area contributed by atoms with E-state index >= 15 is 0 Å². The van der Waals surface area contributed by atoms with E-state index in [1.165, 1.54) is 116 Å². The summed E-state index contributed by atoms with van der Waals surface area (Å²) >= 11 is 0. The van der Waals surface area contributed by atoms with Crippen LogP contribution in [-0.2, 0) is 4.79 Å². The third-order valence-electron chi connectivity index (χ3n) is 9.79. The third-order valence-corrected chi connectivity index (χ3v) is 9.79. The summed E-state index contributed by atoms with van der Waals surface area (Å²) in [6.45, 7) is 12.0. The van der Waals surface area contributed by atoms with Gasteiger partial charge < -0.3 is 5.11 Å². The van der Waals surface area contributed by atoms with Crippen LogP contribution in [0.15, 0.2) is 0 Å². The van der Waals surface area contributed by atoms with Crippen molar-refractivity contribution in [2.24, 2.45) is 11.3 Å². The van der Waals surface area contributed by atoms with Crippen molar-refractivity contribution in [3.8, 4) is 0 Å². The number of rotatable bonds is 21. The van der Waals surface area contributed by atoms with Crippen molar-refractivity contribution >= 4 is 5.97 Å². The van der Waals surface area contributed by atoms with E-state index in [9.17, 15) is 4.79 Å². The highest BCUT2D eigenvalue weighted by Gasteiger charge is 2.47. The molecule has 1 aliphatic heterocycles. The number of unbranched alkanes of at least 4 members (excludes halogenated alkanes) is 14. The first-order valence-corrected chi connectivity index (χ1v) is 15.6. The summed E-state index contributed by atoms with van der Waals surface area (Å²) in [5, 5.41) is 9.03. The largest absolute Gasteiger partial charge is 0.481 e. The SMILES string of the molecule is CCCCCCCCCCCCCCCCC(CCCCC(=O)O)C1CCC(C)(C)C(C)(C)N1C. The average Bonchev–Trinajstić information content (AvgIpc) is 2.80. The Kier molecular flexibility index (Phi) is 16.5. The highest BCUT2D eigenvalue weighted by Crippen LogP contribution is 2.47. The standard InChI is InChI=1S/C32H63NO2/c1-7-8-9-10-11-12-13-14-15-16-17-18-19-20-23-28(24-21-22-25-30(34)35)29-26-27-31(2,3)32(4,5)33(29)6/h28-29H,7-27H2,1-6H3,(H,34,35). The Morgan fingerprint density at radius 2 is 1.20 bits per heavy atom. The van der Waals surface area contributed by atoms with Crippen LogP contribution in [0.4, 0.5) is 0 Å². The summed E-state index contributed by atoms with van der Waals surface area (Å²) in [7, 11) is 2.35. The van der Waals surface area contributed by atoms with Gasteiger partial charge in [0.25, 0.3) is 0 Å². The molecule has 3 heteroatoms. The van der Waals surface area contributed by atoms with Gasteiger partial charge in [0.15, 0.2) is 0 Å². The first-order valence-electron chi connectivity index (χ1n) is 15.6. The van der Waals surface area contributed by atoms with E-state index in [2.05, 4.69) is 46.6 Å². The molecule has 35 heavy (non-hydrogen) atoms. The van der Waals surface area contributed by atoms with Crippen LogP contribution in [0.2, 0.25) is 0 Å². The maximum atomic E-state index is 11.0. The van der Waals surface area contributed by atoms with Gasteiger partial charge in [0.05, 0.1) is 0 Å². The minimum Gasteiger partial charge on any atom is -0.481 e. The number of piperidine rings is 1. The lowest BCUT2D eigenvalue weighted by Crippen LogP contribution is -2.61. The minimum atomic E-state index is -0.647. The van der Waals surface area contributed by atoms with E-state index in [0.717, 1.165) is 12.8 Å². The second kappa shape index (κ2) is 17.8. The number of nitrogens with zero attached hydrogens (tertiary/aromatic N) is 1. The Bertz CT molecular complexity index is 542. The first kappa shape index (κ1) is 32.5. The van der Waals surface area contributed by atoms with Gasteiger partial charge >= 0.3 is 5.97 Å². The molecule has 208 valence electrons. The maximum Gasteiger partial charge on any atom is 0.303 e. The monoisotopic (exact) mass is 493 g/mol. The summed E-state index contributed by atoms with van der Waals surface area (Å²) < 4.78 is 0. The van der Waals surface area contributed by atoms with Crippen LogP contribution in [0.25, 0.3) is 0 Å². The summed E-state index contributed by atoms with van der Waals surface area (Å²) in [4.78, 5) is 13.6. The van der Waals surface area contributed by atoms with Gasteiger partial charge in [-0.2, -0.15) is 0 Å². The van der Waals surface area contributed by atoms with E-state index in [4.69, 9.17) is 5.11 Å². The van der Waals surface area contributed by atoms with Gasteiger partial charge in [0.1, 0.15) is 0 Å². The summed E-state index contributed by atoms with van der Waals surface area (Å²) in [5.41, 5.74) is 0.534. The second-order valence-corrected chi connectivity index (χ2v) is 12.9. The number of likely N-dealkylation sites (tertiary alicyclic amines) is 1. The molecule has 1 heterocycles. The molecule has 1 rings (SSSR count). The lowest BCUT2D eigenvalue weighted by Gasteiger charge is -2.57. The molecule has 0 saturated carbocycles. The minimum absolute atomic E-state index is 0.199. The second-order valence-electron chi connectivity index (χ2n) is 12.9. The zero-order valence-corrected chi connectivity index (χ0v) is 24.8. The lowest BCUT2D eigenvalue weighted by atomic mass is 9.64. The van der Waals surface area contributed by atoms with Crippen LogP contribution in [0.5, 0.6) is 0 Å². The first-order chi connectivity index (χ1) is 16.6. The predicted octanol–water partition coefficient (Wildman–Crippen LogP) is 10.0. The molecular formula is C32H63NO2. The van der Waals surface area contributed by atoms with Crippen molar-refractivity contribution in [2.45, 2.75) is 181 Å². The highest BCUT2D eigenvalue weighted by molar-refractivity contribution is 5.66. The quantitative estimate of drug-likeness (QED) is 0.162. The molecule has 3 nitrogen and oxygen atoms in total. The van der Waals surface area contributed by atoms with Crippen LogP contribution in [-0.4, -0.2) is 34.6 Å². The Labute approximate surface area is 220 Å². The van der Waals surface area contributed by atoms with Crippen molar-refractivity contribution in [3.05, 3.63) is 0 Å². The zero-order chi connectivity index (χ0) is 26.2. The summed E-state index contributed by atoms with van der Waals surface area (Å²) in [5.74, 6) is 0.0627. The van der Waals surface area contributed by atoms with Gasteiger partial charge in [0.2, 0.25) is 0 Å². The molecule has 2 atom stereocenters. The van der Waals surface area contributed by atoms with Crippen LogP contribution >= 0.6 is 0 Å². The average molecular weight is 494 g/mol. The molecule has 0 bridgehead atoms. The molecule has 1 aliphatic rings. The fourth-order valence-corrected chi connectivity index (χ4v) is 6.27. The van der Waals surface area contributed by atoms with Gasteiger partial charge in [-0.05, 0) is 64.3 Å². The molecule has 1 N–H and O–H groups in total. The number of carboxylic acids is 1. The van der Waals surface area contributed by atoms with Crippen molar-refractivity contribution in [1.82, 2.24) is 4.90 Å². The Hall–Kier alpha value is -0.570. The fraction of sp³-hybridized carbons (Fsp3) is 0.969. The maximum absolute atomic E-state index is 11.0. The van der Waals surface area contributed by atoms with Crippen molar-refractivity contribution in [2.75, 3.05) is 7.05 Å². The van der Waals surface area contributed by atoms with Gasteiger partial charge in [-0.15, -0.1) is 0 Å². The summed E-state index contributed by atoms with van der Waals surface area (Å²) in [6.07, 6.45) is 27.1. The highest BCUT2D eigenvalue weighted by atomic mass is 16.4. The Morgan fingerprint density at radius 1 is 0.771 bits per heavy atom. The molecule has 1 saturated heterocycles. The molecule has 2 unspecified atom stereocenters. The number of carbonyl (C=O) groups is 1. The molecule has 0 aromatic heterocycles. The van der Waals surface area contributed by atoms with Crippen LogP contribution in [0.1, 0.15) is 169 Å². The van der Waals surface area contributed by atoms with Crippen molar-refractivity contribution in [3.63, 3.8) is 0 Å². The fourth-order valence-electron chi connectivity index (χ4n) is 6.27. The smallest absolute Gasteiger partial charge is 0.303 e. The van der Waals surface area contributed by atoms with E-state index in [1.54, 1.807) is 0 Å².